The van der Waals surface area contributed by atoms with Gasteiger partial charge in [0, 0.05) is 23.9 Å². The lowest BCUT2D eigenvalue weighted by Gasteiger charge is -1.99. The molecule has 8 heteroatoms. The highest BCUT2D eigenvalue weighted by Crippen LogP contribution is 2.29. The number of aromatic nitrogens is 1. The Hall–Kier alpha value is -0.800. The Bertz CT molecular complexity index is 661. The first-order chi connectivity index (χ1) is 9.48. The number of hydrogen-bond donors (Lipinski definition) is 1. The van der Waals surface area contributed by atoms with E-state index in [9.17, 15) is 8.42 Å². The molecule has 0 spiro atoms. The highest BCUT2D eigenvalue weighted by Gasteiger charge is 2.08. The van der Waals surface area contributed by atoms with Gasteiger partial charge in [0.1, 0.15) is 5.01 Å². The van der Waals surface area contributed by atoms with Gasteiger partial charge in [-0.15, -0.1) is 22.7 Å². The number of hydrogen-bond acceptors (Lipinski definition) is 6. The molecule has 2 rings (SSSR count). The zero-order chi connectivity index (χ0) is 14.6. The summed E-state index contributed by atoms with van der Waals surface area (Å²) in [7, 11) is -1.46. The molecule has 20 heavy (non-hydrogen) atoms. The van der Waals surface area contributed by atoms with Crippen molar-refractivity contribution in [3.63, 3.8) is 0 Å². The summed E-state index contributed by atoms with van der Waals surface area (Å²) in [5.74, 6) is 0. The predicted octanol–water partition coefficient (Wildman–Crippen LogP) is 2.11. The van der Waals surface area contributed by atoms with E-state index in [1.807, 2.05) is 17.5 Å². The normalized spacial score (nSPS) is 11.9. The van der Waals surface area contributed by atoms with Gasteiger partial charge < -0.3 is 4.74 Å². The van der Waals surface area contributed by atoms with E-state index in [4.69, 9.17) is 4.74 Å². The molecular weight excluding hydrogens is 316 g/mol. The molecule has 2 heterocycles. The number of methoxy groups -OCH3 is 1. The molecular formula is C12H16N2O3S3. The molecule has 0 aliphatic carbocycles. The zero-order valence-corrected chi connectivity index (χ0v) is 13.7. The molecule has 0 aliphatic heterocycles. The number of rotatable bonds is 7. The van der Waals surface area contributed by atoms with Crippen LogP contribution < -0.4 is 4.72 Å². The summed E-state index contributed by atoms with van der Waals surface area (Å²) in [4.78, 5) is 6.73. The topological polar surface area (TPSA) is 68.3 Å². The summed E-state index contributed by atoms with van der Waals surface area (Å²) in [6, 6.07) is 4.03. The molecule has 0 radical (unpaired) electrons. The van der Waals surface area contributed by atoms with Crippen LogP contribution in [0.3, 0.4) is 0 Å². The van der Waals surface area contributed by atoms with Crippen molar-refractivity contribution in [2.24, 2.45) is 0 Å². The molecule has 0 aromatic carbocycles. The number of thiazole rings is 1. The minimum absolute atomic E-state index is 0.421. The van der Waals surface area contributed by atoms with Crippen LogP contribution in [-0.2, 0) is 27.8 Å². The van der Waals surface area contributed by atoms with Gasteiger partial charge in [0.15, 0.2) is 0 Å². The van der Waals surface area contributed by atoms with E-state index in [0.717, 1.165) is 20.5 Å². The molecule has 1 N–H and O–H groups in total. The Kier molecular flexibility index (Phi) is 5.28. The maximum Gasteiger partial charge on any atom is 0.208 e. The molecule has 0 saturated heterocycles. The van der Waals surface area contributed by atoms with Crippen molar-refractivity contribution in [2.75, 3.05) is 19.9 Å². The molecule has 5 nitrogen and oxygen atoms in total. The second-order valence-electron chi connectivity index (χ2n) is 4.24. The van der Waals surface area contributed by atoms with Gasteiger partial charge >= 0.3 is 0 Å². The highest BCUT2D eigenvalue weighted by molar-refractivity contribution is 7.88. The average molecular weight is 332 g/mol. The van der Waals surface area contributed by atoms with Gasteiger partial charge in [-0.25, -0.2) is 18.1 Å². The van der Waals surface area contributed by atoms with Crippen LogP contribution in [-0.4, -0.2) is 33.3 Å². The minimum Gasteiger partial charge on any atom is -0.378 e. The van der Waals surface area contributed by atoms with Crippen molar-refractivity contribution in [1.29, 1.82) is 0 Å². The molecule has 0 amide bonds. The Morgan fingerprint density at radius 1 is 1.40 bits per heavy atom. The van der Waals surface area contributed by atoms with E-state index in [1.54, 1.807) is 29.8 Å². The molecule has 2 aromatic rings. The van der Waals surface area contributed by atoms with E-state index >= 15 is 0 Å². The van der Waals surface area contributed by atoms with Crippen LogP contribution in [0, 0.1) is 0 Å². The summed E-state index contributed by atoms with van der Waals surface area (Å²) in [6.45, 7) is 0.950. The third-order valence-electron chi connectivity index (χ3n) is 2.47. The lowest BCUT2D eigenvalue weighted by molar-refractivity contribution is 0.184. The van der Waals surface area contributed by atoms with Gasteiger partial charge in [-0.2, -0.15) is 0 Å². The van der Waals surface area contributed by atoms with Crippen LogP contribution in [0.25, 0.3) is 10.6 Å². The third-order valence-corrected chi connectivity index (χ3v) is 5.19. The van der Waals surface area contributed by atoms with Gasteiger partial charge in [0.2, 0.25) is 10.0 Å². The number of ether oxygens (including phenoxy) is 1. The smallest absolute Gasteiger partial charge is 0.208 e. The second-order valence-corrected chi connectivity index (χ2v) is 8.19. The van der Waals surface area contributed by atoms with Crippen molar-refractivity contribution in [1.82, 2.24) is 9.71 Å². The molecule has 0 fully saturated rings. The van der Waals surface area contributed by atoms with Gasteiger partial charge in [-0.1, -0.05) is 0 Å². The van der Waals surface area contributed by atoms with E-state index < -0.39 is 10.0 Å². The maximum atomic E-state index is 11.0. The molecule has 110 valence electrons. The fraction of sp³-hybridized carbons (Fsp3) is 0.417. The van der Waals surface area contributed by atoms with Gasteiger partial charge in [-0.05, 0) is 18.6 Å². The monoisotopic (exact) mass is 332 g/mol. The summed E-state index contributed by atoms with van der Waals surface area (Å²) in [5, 5.41) is 2.97. The van der Waals surface area contributed by atoms with Gasteiger partial charge in [0.25, 0.3) is 0 Å². The van der Waals surface area contributed by atoms with E-state index in [-0.39, 0.29) is 0 Å². The molecule has 2 aromatic heterocycles. The predicted molar refractivity (Wildman–Crippen MR) is 82.7 cm³/mol. The molecule has 0 atom stereocenters. The van der Waals surface area contributed by atoms with Crippen LogP contribution in [0.2, 0.25) is 0 Å². The zero-order valence-electron chi connectivity index (χ0n) is 11.3. The number of nitrogens with zero attached hydrogens (tertiary/aromatic N) is 1. The van der Waals surface area contributed by atoms with Gasteiger partial charge in [-0.3, -0.25) is 0 Å². The van der Waals surface area contributed by atoms with Crippen molar-refractivity contribution in [3.8, 4) is 10.6 Å². The van der Waals surface area contributed by atoms with E-state index in [2.05, 4.69) is 9.71 Å². The maximum absolute atomic E-state index is 11.0. The van der Waals surface area contributed by atoms with Crippen LogP contribution in [0.15, 0.2) is 17.5 Å². The summed E-state index contributed by atoms with van der Waals surface area (Å²) in [5.41, 5.74) is 0.953. The Morgan fingerprint density at radius 2 is 2.20 bits per heavy atom. The van der Waals surface area contributed by atoms with Gasteiger partial charge in [0.05, 0.1) is 23.4 Å². The third kappa shape index (κ3) is 4.64. The van der Waals surface area contributed by atoms with Crippen LogP contribution in [0.5, 0.6) is 0 Å². The Morgan fingerprint density at radius 3 is 2.90 bits per heavy atom. The number of nitrogens with one attached hydrogen (secondary N) is 1. The SMILES string of the molecule is COCc1nc(-c2ccc(CCNS(C)(=O)=O)s2)cs1. The largest absolute Gasteiger partial charge is 0.378 e. The average Bonchev–Trinajstić information content (AvgIpc) is 2.96. The first kappa shape index (κ1) is 15.6. The minimum atomic E-state index is -3.11. The van der Waals surface area contributed by atoms with Crippen molar-refractivity contribution >= 4 is 32.7 Å². The lowest BCUT2D eigenvalue weighted by Crippen LogP contribution is -2.23. The van der Waals surface area contributed by atoms with Crippen LogP contribution in [0.1, 0.15) is 9.88 Å². The molecule has 0 bridgehead atoms. The van der Waals surface area contributed by atoms with E-state index in [0.29, 0.717) is 19.6 Å². The fourth-order valence-electron chi connectivity index (χ4n) is 1.62. The quantitative estimate of drug-likeness (QED) is 0.843. The van der Waals surface area contributed by atoms with Crippen molar-refractivity contribution in [3.05, 3.63) is 27.4 Å². The molecule has 0 unspecified atom stereocenters. The summed E-state index contributed by atoms with van der Waals surface area (Å²) in [6.07, 6.45) is 1.85. The van der Waals surface area contributed by atoms with E-state index in [1.165, 1.54) is 6.26 Å². The number of thiophene rings is 1. The standard InChI is InChI=1S/C12H16N2O3S3/c1-17-7-12-14-10(8-18-12)11-4-3-9(19-11)5-6-13-20(2,15)16/h3-4,8,13H,5-7H2,1-2H3. The molecule has 0 aliphatic rings. The fourth-order valence-corrected chi connectivity index (χ4v) is 3.90. The Balaban J connectivity index is 1.97. The molecule has 0 saturated carbocycles. The summed E-state index contributed by atoms with van der Waals surface area (Å²) < 4.78 is 29.5. The van der Waals surface area contributed by atoms with Crippen molar-refractivity contribution < 1.29 is 13.2 Å². The first-order valence-electron chi connectivity index (χ1n) is 5.95. The first-order valence-corrected chi connectivity index (χ1v) is 9.54. The van der Waals surface area contributed by atoms with Crippen LogP contribution in [0.4, 0.5) is 0 Å². The lowest BCUT2D eigenvalue weighted by atomic mass is 10.3. The van der Waals surface area contributed by atoms with Crippen molar-refractivity contribution in [2.45, 2.75) is 13.0 Å². The Labute approximate surface area is 126 Å². The van der Waals surface area contributed by atoms with Crippen LogP contribution >= 0.6 is 22.7 Å². The summed E-state index contributed by atoms with van der Waals surface area (Å²) >= 11 is 3.21. The second kappa shape index (κ2) is 6.77. The number of sulfonamides is 1. The highest BCUT2D eigenvalue weighted by atomic mass is 32.2.